The van der Waals surface area contributed by atoms with Crippen molar-refractivity contribution >= 4 is 28.8 Å². The predicted octanol–water partition coefficient (Wildman–Crippen LogP) is 3.90. The Bertz CT molecular complexity index is 1220. The average Bonchev–Trinajstić information content (AvgIpc) is 3.09. The van der Waals surface area contributed by atoms with Crippen LogP contribution in [0.4, 0.5) is 4.79 Å². The third kappa shape index (κ3) is 4.47. The zero-order valence-electron chi connectivity index (χ0n) is 19.5. The van der Waals surface area contributed by atoms with Crippen LogP contribution in [0.2, 0.25) is 0 Å². The molecule has 3 amide bonds. The second-order valence-corrected chi connectivity index (χ2v) is 9.22. The molecule has 3 aromatic carbocycles. The molecule has 6 nitrogen and oxygen atoms in total. The molecule has 0 bridgehead atoms. The topological polar surface area (TPSA) is 55.9 Å². The molecule has 1 atom stereocenters. The maximum atomic E-state index is 13.4. The average molecular weight is 455 g/mol. The van der Waals surface area contributed by atoms with Gasteiger partial charge in [0.05, 0.1) is 6.67 Å². The number of hydrogen-bond donors (Lipinski definition) is 1. The standard InChI is InChI=1S/C28H30N4O2/c1-28(25-14-13-23-11-5-6-12-24(23)20-25)26(33)32(27(34)29-28)21-31-18-16-30(17-19-31)15-7-10-22-8-3-2-4-9-22/h2-14,20H,15-19,21H2,1H3,(H,29,34)/b10-7+. The molecule has 1 N–H and O–H groups in total. The van der Waals surface area contributed by atoms with Gasteiger partial charge in [-0.1, -0.05) is 78.9 Å². The van der Waals surface area contributed by atoms with Crippen LogP contribution < -0.4 is 5.32 Å². The number of piperazine rings is 1. The Hall–Kier alpha value is -3.48. The van der Waals surface area contributed by atoms with Crippen LogP contribution in [-0.4, -0.2) is 66.0 Å². The lowest BCUT2D eigenvalue weighted by Gasteiger charge is -2.35. The first-order chi connectivity index (χ1) is 16.5. The van der Waals surface area contributed by atoms with Crippen LogP contribution in [0.5, 0.6) is 0 Å². The van der Waals surface area contributed by atoms with Crippen molar-refractivity contribution in [3.8, 4) is 0 Å². The van der Waals surface area contributed by atoms with Crippen LogP contribution in [0, 0.1) is 0 Å². The van der Waals surface area contributed by atoms with Gasteiger partial charge >= 0.3 is 6.03 Å². The van der Waals surface area contributed by atoms with E-state index in [1.807, 2.05) is 60.7 Å². The number of imide groups is 1. The monoisotopic (exact) mass is 454 g/mol. The van der Waals surface area contributed by atoms with E-state index in [1.54, 1.807) is 6.92 Å². The predicted molar refractivity (Wildman–Crippen MR) is 135 cm³/mol. The van der Waals surface area contributed by atoms with E-state index in [1.165, 1.54) is 10.5 Å². The van der Waals surface area contributed by atoms with Gasteiger partial charge in [-0.15, -0.1) is 0 Å². The van der Waals surface area contributed by atoms with Crippen molar-refractivity contribution in [2.24, 2.45) is 0 Å². The number of carbonyl (C=O) groups is 2. The van der Waals surface area contributed by atoms with Crippen molar-refractivity contribution in [1.29, 1.82) is 0 Å². The minimum atomic E-state index is -1.05. The van der Waals surface area contributed by atoms with Crippen LogP contribution in [0.3, 0.4) is 0 Å². The van der Waals surface area contributed by atoms with E-state index >= 15 is 0 Å². The van der Waals surface area contributed by atoms with Gasteiger partial charge in [-0.05, 0) is 34.9 Å². The van der Waals surface area contributed by atoms with Crippen LogP contribution in [-0.2, 0) is 10.3 Å². The van der Waals surface area contributed by atoms with E-state index < -0.39 is 5.54 Å². The number of nitrogens with one attached hydrogen (secondary N) is 1. The van der Waals surface area contributed by atoms with Crippen molar-refractivity contribution in [2.45, 2.75) is 12.5 Å². The summed E-state index contributed by atoms with van der Waals surface area (Å²) in [7, 11) is 0. The molecule has 1 unspecified atom stereocenters. The van der Waals surface area contributed by atoms with Crippen LogP contribution in [0.25, 0.3) is 16.8 Å². The summed E-state index contributed by atoms with van der Waals surface area (Å²) in [4.78, 5) is 32.1. The maximum Gasteiger partial charge on any atom is 0.326 e. The molecule has 2 aliphatic rings. The van der Waals surface area contributed by atoms with Gasteiger partial charge in [-0.3, -0.25) is 14.6 Å². The largest absolute Gasteiger partial charge is 0.326 e. The van der Waals surface area contributed by atoms with Crippen molar-refractivity contribution in [3.63, 3.8) is 0 Å². The van der Waals surface area contributed by atoms with Crippen LogP contribution >= 0.6 is 0 Å². The Morgan fingerprint density at radius 2 is 1.53 bits per heavy atom. The number of carbonyl (C=O) groups excluding carboxylic acids is 2. The number of rotatable bonds is 6. The van der Waals surface area contributed by atoms with Gasteiger partial charge in [0.2, 0.25) is 0 Å². The van der Waals surface area contributed by atoms with E-state index in [-0.39, 0.29) is 11.9 Å². The zero-order valence-corrected chi connectivity index (χ0v) is 19.5. The summed E-state index contributed by atoms with van der Waals surface area (Å²) < 4.78 is 0. The van der Waals surface area contributed by atoms with E-state index in [4.69, 9.17) is 0 Å². The third-order valence-corrected chi connectivity index (χ3v) is 6.88. The van der Waals surface area contributed by atoms with Gasteiger partial charge in [0, 0.05) is 32.7 Å². The molecule has 0 aliphatic carbocycles. The highest BCUT2D eigenvalue weighted by Crippen LogP contribution is 2.31. The first-order valence-electron chi connectivity index (χ1n) is 11.8. The van der Waals surface area contributed by atoms with Gasteiger partial charge < -0.3 is 5.32 Å². The van der Waals surface area contributed by atoms with Crippen molar-refractivity contribution in [3.05, 3.63) is 90.0 Å². The Balaban J connectivity index is 1.19. The molecule has 2 aliphatic heterocycles. The summed E-state index contributed by atoms with van der Waals surface area (Å²) in [6, 6.07) is 23.9. The number of amides is 3. The van der Waals surface area contributed by atoms with Crippen LogP contribution in [0.1, 0.15) is 18.1 Å². The summed E-state index contributed by atoms with van der Waals surface area (Å²) in [5, 5.41) is 5.11. The van der Waals surface area contributed by atoms with Crippen molar-refractivity contribution < 1.29 is 9.59 Å². The molecule has 3 aromatic rings. The number of hydrogen-bond acceptors (Lipinski definition) is 4. The molecule has 5 rings (SSSR count). The van der Waals surface area contributed by atoms with E-state index in [0.29, 0.717) is 6.67 Å². The van der Waals surface area contributed by atoms with Gasteiger partial charge in [-0.25, -0.2) is 9.69 Å². The van der Waals surface area contributed by atoms with Gasteiger partial charge in [0.1, 0.15) is 5.54 Å². The summed E-state index contributed by atoms with van der Waals surface area (Å²) in [6.45, 7) is 6.48. The fourth-order valence-corrected chi connectivity index (χ4v) is 4.74. The third-order valence-electron chi connectivity index (χ3n) is 6.88. The Morgan fingerprint density at radius 1 is 0.853 bits per heavy atom. The lowest BCUT2D eigenvalue weighted by Crippen LogP contribution is -2.51. The molecule has 0 saturated carbocycles. The van der Waals surface area contributed by atoms with E-state index in [2.05, 4.69) is 39.4 Å². The van der Waals surface area contributed by atoms with Crippen LogP contribution in [0.15, 0.2) is 78.9 Å². The highest BCUT2D eigenvalue weighted by molar-refractivity contribution is 6.07. The number of fused-ring (bicyclic) bond motifs is 1. The highest BCUT2D eigenvalue weighted by atomic mass is 16.2. The molecule has 2 fully saturated rings. The Morgan fingerprint density at radius 3 is 2.29 bits per heavy atom. The lowest BCUT2D eigenvalue weighted by atomic mass is 9.90. The molecular formula is C28H30N4O2. The minimum Gasteiger partial charge on any atom is -0.319 e. The van der Waals surface area contributed by atoms with Gasteiger partial charge in [0.15, 0.2) is 0 Å². The van der Waals surface area contributed by atoms with Crippen molar-refractivity contribution in [1.82, 2.24) is 20.0 Å². The summed E-state index contributed by atoms with van der Waals surface area (Å²) in [6.07, 6.45) is 4.34. The SMILES string of the molecule is CC1(c2ccc3ccccc3c2)NC(=O)N(CN2CCN(C/C=C/c3ccccc3)CC2)C1=O. The molecule has 0 radical (unpaired) electrons. The number of nitrogens with zero attached hydrogens (tertiary/aromatic N) is 3. The Kier molecular flexibility index (Phi) is 6.18. The normalized spacial score (nSPS) is 22.1. The Labute approximate surface area is 200 Å². The summed E-state index contributed by atoms with van der Waals surface area (Å²) in [5.41, 5.74) is 0.960. The maximum absolute atomic E-state index is 13.4. The first kappa shape index (κ1) is 22.3. The van der Waals surface area contributed by atoms with Gasteiger partial charge in [-0.2, -0.15) is 0 Å². The highest BCUT2D eigenvalue weighted by Gasteiger charge is 2.49. The molecule has 174 valence electrons. The molecule has 0 aromatic heterocycles. The smallest absolute Gasteiger partial charge is 0.319 e. The molecule has 0 spiro atoms. The number of urea groups is 1. The summed E-state index contributed by atoms with van der Waals surface area (Å²) >= 11 is 0. The molecular weight excluding hydrogens is 424 g/mol. The lowest BCUT2D eigenvalue weighted by molar-refractivity contribution is -0.132. The van der Waals surface area contributed by atoms with E-state index in [9.17, 15) is 9.59 Å². The molecule has 2 saturated heterocycles. The molecule has 34 heavy (non-hydrogen) atoms. The first-order valence-corrected chi connectivity index (χ1v) is 11.8. The second-order valence-electron chi connectivity index (χ2n) is 9.22. The van der Waals surface area contributed by atoms with E-state index in [0.717, 1.165) is 49.1 Å². The van der Waals surface area contributed by atoms with Gasteiger partial charge in [0.25, 0.3) is 5.91 Å². The second kappa shape index (κ2) is 9.41. The fourth-order valence-electron chi connectivity index (χ4n) is 4.74. The zero-order chi connectivity index (χ0) is 23.5. The fraction of sp³-hybridized carbons (Fsp3) is 0.286. The quantitative estimate of drug-likeness (QED) is 0.574. The van der Waals surface area contributed by atoms with Crippen molar-refractivity contribution in [2.75, 3.05) is 39.4 Å². The molecule has 6 heteroatoms. The minimum absolute atomic E-state index is 0.194. The number of benzene rings is 3. The summed E-state index contributed by atoms with van der Waals surface area (Å²) in [5.74, 6) is -0.194. The molecule has 2 heterocycles.